The Bertz CT molecular complexity index is 569. The van der Waals surface area contributed by atoms with E-state index in [1.54, 1.807) is 0 Å². The summed E-state index contributed by atoms with van der Waals surface area (Å²) in [5.74, 6) is 0.466. The van der Waals surface area contributed by atoms with Gasteiger partial charge in [0.05, 0.1) is 18.0 Å². The summed E-state index contributed by atoms with van der Waals surface area (Å²) in [5, 5.41) is 6.77. The first-order valence-corrected chi connectivity index (χ1v) is 6.88. The summed E-state index contributed by atoms with van der Waals surface area (Å²) in [6.07, 6.45) is 0.687. The molecule has 2 rings (SSSR count). The van der Waals surface area contributed by atoms with Gasteiger partial charge in [0.15, 0.2) is 0 Å². The number of amides is 1. The number of carbonyl (C=O) groups is 1. The number of aromatic nitrogens is 2. The molecule has 0 saturated carbocycles. The van der Waals surface area contributed by atoms with Crippen molar-refractivity contribution >= 4 is 23.1 Å². The van der Waals surface area contributed by atoms with Gasteiger partial charge in [-0.15, -0.1) is 5.10 Å². The summed E-state index contributed by atoms with van der Waals surface area (Å²) in [6.45, 7) is 4.40. The molecular formula is C13H15N3O2S. The SMILES string of the molecule is CCOc1ccccc1NC(=O)c1snnc1CC. The Kier molecular flexibility index (Phi) is 4.46. The highest BCUT2D eigenvalue weighted by atomic mass is 32.1. The zero-order valence-electron chi connectivity index (χ0n) is 10.8. The fraction of sp³-hybridized carbons (Fsp3) is 0.308. The number of anilines is 1. The van der Waals surface area contributed by atoms with Crippen LogP contribution in [0.15, 0.2) is 24.3 Å². The van der Waals surface area contributed by atoms with Gasteiger partial charge in [0.25, 0.3) is 5.91 Å². The molecular weight excluding hydrogens is 262 g/mol. The van der Waals surface area contributed by atoms with Crippen LogP contribution in [0.1, 0.15) is 29.2 Å². The quantitative estimate of drug-likeness (QED) is 0.912. The summed E-state index contributed by atoms with van der Waals surface area (Å²) in [6, 6.07) is 7.35. The largest absolute Gasteiger partial charge is 0.492 e. The van der Waals surface area contributed by atoms with Gasteiger partial charge < -0.3 is 10.1 Å². The Morgan fingerprint density at radius 3 is 2.89 bits per heavy atom. The third-order valence-corrected chi connectivity index (χ3v) is 3.30. The van der Waals surface area contributed by atoms with Crippen LogP contribution in [0.5, 0.6) is 5.75 Å². The van der Waals surface area contributed by atoms with Crippen molar-refractivity contribution in [2.75, 3.05) is 11.9 Å². The number of rotatable bonds is 5. The molecule has 5 nitrogen and oxygen atoms in total. The molecule has 0 fully saturated rings. The predicted octanol–water partition coefficient (Wildman–Crippen LogP) is 2.75. The molecule has 1 amide bonds. The Labute approximate surface area is 115 Å². The highest BCUT2D eigenvalue weighted by Crippen LogP contribution is 2.25. The van der Waals surface area contributed by atoms with Gasteiger partial charge in [-0.3, -0.25) is 4.79 Å². The van der Waals surface area contributed by atoms with Crippen molar-refractivity contribution in [2.24, 2.45) is 0 Å². The Hall–Kier alpha value is -1.95. The van der Waals surface area contributed by atoms with Crippen LogP contribution in [0.25, 0.3) is 0 Å². The number of hydrogen-bond donors (Lipinski definition) is 1. The molecule has 2 aromatic rings. The van der Waals surface area contributed by atoms with Gasteiger partial charge in [-0.1, -0.05) is 23.5 Å². The van der Waals surface area contributed by atoms with Gasteiger partial charge in [0, 0.05) is 0 Å². The summed E-state index contributed by atoms with van der Waals surface area (Å²) >= 11 is 1.11. The summed E-state index contributed by atoms with van der Waals surface area (Å²) < 4.78 is 9.28. The number of ether oxygens (including phenoxy) is 1. The maximum atomic E-state index is 12.2. The highest BCUT2D eigenvalue weighted by molar-refractivity contribution is 7.08. The number of aryl methyl sites for hydroxylation is 1. The third kappa shape index (κ3) is 3.08. The Morgan fingerprint density at radius 1 is 1.37 bits per heavy atom. The molecule has 1 N–H and O–H groups in total. The highest BCUT2D eigenvalue weighted by Gasteiger charge is 2.16. The molecule has 0 spiro atoms. The molecule has 1 aromatic heterocycles. The van der Waals surface area contributed by atoms with E-state index in [9.17, 15) is 4.79 Å². The van der Waals surface area contributed by atoms with Crippen LogP contribution in [-0.4, -0.2) is 22.1 Å². The van der Waals surface area contributed by atoms with Crippen molar-refractivity contribution < 1.29 is 9.53 Å². The second-order valence-corrected chi connectivity index (χ2v) is 4.54. The second kappa shape index (κ2) is 6.29. The molecule has 1 aromatic carbocycles. The average Bonchev–Trinajstić information content (AvgIpc) is 2.89. The number of carbonyl (C=O) groups excluding carboxylic acids is 1. The molecule has 1 heterocycles. The van der Waals surface area contributed by atoms with E-state index in [0.29, 0.717) is 29.3 Å². The van der Waals surface area contributed by atoms with Crippen molar-refractivity contribution in [3.8, 4) is 5.75 Å². The lowest BCUT2D eigenvalue weighted by atomic mass is 10.2. The van der Waals surface area contributed by atoms with Crippen LogP contribution in [0.3, 0.4) is 0 Å². The zero-order valence-corrected chi connectivity index (χ0v) is 11.7. The van der Waals surface area contributed by atoms with Gasteiger partial charge in [0.2, 0.25) is 0 Å². The van der Waals surface area contributed by atoms with E-state index in [1.165, 1.54) is 0 Å². The van der Waals surface area contributed by atoms with Gasteiger partial charge in [0.1, 0.15) is 10.6 Å². The van der Waals surface area contributed by atoms with Gasteiger partial charge >= 0.3 is 0 Å². The van der Waals surface area contributed by atoms with Crippen LogP contribution in [0.4, 0.5) is 5.69 Å². The zero-order chi connectivity index (χ0) is 13.7. The van der Waals surface area contributed by atoms with Gasteiger partial charge in [-0.2, -0.15) is 0 Å². The van der Waals surface area contributed by atoms with E-state index in [0.717, 1.165) is 17.2 Å². The average molecular weight is 277 g/mol. The van der Waals surface area contributed by atoms with Crippen molar-refractivity contribution in [1.82, 2.24) is 9.59 Å². The smallest absolute Gasteiger partial charge is 0.269 e. The lowest BCUT2D eigenvalue weighted by Crippen LogP contribution is -2.13. The molecule has 6 heteroatoms. The fourth-order valence-corrected chi connectivity index (χ4v) is 2.29. The molecule has 100 valence electrons. The molecule has 19 heavy (non-hydrogen) atoms. The summed E-state index contributed by atoms with van der Waals surface area (Å²) in [5.41, 5.74) is 1.38. The van der Waals surface area contributed by atoms with Crippen LogP contribution in [0, 0.1) is 0 Å². The molecule has 0 aliphatic rings. The lowest BCUT2D eigenvalue weighted by Gasteiger charge is -2.10. The lowest BCUT2D eigenvalue weighted by molar-refractivity contribution is 0.102. The van der Waals surface area contributed by atoms with Gasteiger partial charge in [-0.25, -0.2) is 0 Å². The number of nitrogens with one attached hydrogen (secondary N) is 1. The van der Waals surface area contributed by atoms with E-state index in [-0.39, 0.29) is 5.91 Å². The minimum absolute atomic E-state index is 0.195. The maximum absolute atomic E-state index is 12.2. The maximum Gasteiger partial charge on any atom is 0.269 e. The van der Waals surface area contributed by atoms with E-state index < -0.39 is 0 Å². The number of benzene rings is 1. The fourth-order valence-electron chi connectivity index (χ4n) is 1.64. The van der Waals surface area contributed by atoms with E-state index in [1.807, 2.05) is 38.1 Å². The predicted molar refractivity (Wildman–Crippen MR) is 74.9 cm³/mol. The van der Waals surface area contributed by atoms with Crippen LogP contribution >= 0.6 is 11.5 Å². The molecule has 0 unspecified atom stereocenters. The van der Waals surface area contributed by atoms with Crippen molar-refractivity contribution in [1.29, 1.82) is 0 Å². The third-order valence-electron chi connectivity index (χ3n) is 2.53. The van der Waals surface area contributed by atoms with Crippen LogP contribution in [-0.2, 0) is 6.42 Å². The monoisotopic (exact) mass is 277 g/mol. The molecule has 0 atom stereocenters. The van der Waals surface area contributed by atoms with E-state index in [4.69, 9.17) is 4.74 Å². The number of para-hydroxylation sites is 2. The first-order valence-electron chi connectivity index (χ1n) is 6.10. The Morgan fingerprint density at radius 2 is 2.16 bits per heavy atom. The van der Waals surface area contributed by atoms with Gasteiger partial charge in [-0.05, 0) is 37.0 Å². The van der Waals surface area contributed by atoms with E-state index >= 15 is 0 Å². The number of nitrogens with zero attached hydrogens (tertiary/aromatic N) is 2. The van der Waals surface area contributed by atoms with Crippen molar-refractivity contribution in [3.63, 3.8) is 0 Å². The molecule has 0 saturated heterocycles. The standard InChI is InChI=1S/C13H15N3O2S/c1-3-9-12(19-16-15-9)13(17)14-10-7-5-6-8-11(10)18-4-2/h5-8H,3-4H2,1-2H3,(H,14,17). The van der Waals surface area contributed by atoms with Crippen molar-refractivity contribution in [2.45, 2.75) is 20.3 Å². The summed E-state index contributed by atoms with van der Waals surface area (Å²) in [4.78, 5) is 12.7. The summed E-state index contributed by atoms with van der Waals surface area (Å²) in [7, 11) is 0. The molecule has 0 aliphatic heterocycles. The topological polar surface area (TPSA) is 64.1 Å². The second-order valence-electron chi connectivity index (χ2n) is 3.79. The van der Waals surface area contributed by atoms with Crippen LogP contribution < -0.4 is 10.1 Å². The normalized spacial score (nSPS) is 10.2. The minimum Gasteiger partial charge on any atom is -0.492 e. The first kappa shape index (κ1) is 13.5. The molecule has 0 bridgehead atoms. The minimum atomic E-state index is -0.195. The first-order chi connectivity index (χ1) is 9.26. The van der Waals surface area contributed by atoms with Crippen molar-refractivity contribution in [3.05, 3.63) is 34.8 Å². The molecule has 0 aliphatic carbocycles. The van der Waals surface area contributed by atoms with E-state index in [2.05, 4.69) is 14.9 Å². The number of hydrogen-bond acceptors (Lipinski definition) is 5. The van der Waals surface area contributed by atoms with Crippen LogP contribution in [0.2, 0.25) is 0 Å². The Balaban J connectivity index is 2.19. The molecule has 0 radical (unpaired) electrons.